The molecule has 0 saturated carbocycles. The number of hydrogen-bond donors (Lipinski definition) is 3. The van der Waals surface area contributed by atoms with Gasteiger partial charge < -0.3 is 29.4 Å². The Labute approximate surface area is 185 Å². The molecule has 0 bridgehead atoms. The number of benzene rings is 2. The van der Waals surface area contributed by atoms with Crippen molar-refractivity contribution < 1.29 is 24.8 Å². The number of halogens is 1. The standard InChI is InChI=1S/C23H25ClN2O5/c1-2-30-17-6-3-14(4-7-17)11-16-12-15(5-8-18(16)24)22-20(28)19(27)21(29)23(31-22)26-10-9-25-13-26/h3-10,12-13,19-23,27-29H,2,11H2,1H3/t19-,20-,21+,22+,23?/m1/s1. The van der Waals surface area contributed by atoms with Gasteiger partial charge in [0.15, 0.2) is 6.23 Å². The minimum Gasteiger partial charge on any atom is -0.494 e. The van der Waals surface area contributed by atoms with Crippen molar-refractivity contribution in [2.75, 3.05) is 6.61 Å². The second-order valence-corrected chi connectivity index (χ2v) is 7.94. The Morgan fingerprint density at radius 2 is 1.84 bits per heavy atom. The summed E-state index contributed by atoms with van der Waals surface area (Å²) < 4.78 is 13.0. The first kappa shape index (κ1) is 21.8. The molecule has 2 aromatic carbocycles. The predicted molar refractivity (Wildman–Crippen MR) is 115 cm³/mol. The number of hydrogen-bond acceptors (Lipinski definition) is 6. The van der Waals surface area contributed by atoms with Crippen molar-refractivity contribution in [3.63, 3.8) is 0 Å². The van der Waals surface area contributed by atoms with Gasteiger partial charge in [0.1, 0.15) is 30.2 Å². The van der Waals surface area contributed by atoms with Gasteiger partial charge in [-0.3, -0.25) is 0 Å². The van der Waals surface area contributed by atoms with Crippen LogP contribution in [0.5, 0.6) is 5.75 Å². The molecule has 0 spiro atoms. The van der Waals surface area contributed by atoms with Crippen molar-refractivity contribution in [1.82, 2.24) is 9.55 Å². The van der Waals surface area contributed by atoms with E-state index in [1.165, 1.54) is 6.33 Å². The lowest BCUT2D eigenvalue weighted by Gasteiger charge is -2.41. The second-order valence-electron chi connectivity index (χ2n) is 7.53. The van der Waals surface area contributed by atoms with E-state index in [2.05, 4.69) is 4.98 Å². The summed E-state index contributed by atoms with van der Waals surface area (Å²) in [7, 11) is 0. The molecule has 1 unspecified atom stereocenters. The number of aliphatic hydroxyl groups excluding tert-OH is 3. The summed E-state index contributed by atoms with van der Waals surface area (Å²) in [6.45, 7) is 2.55. The Morgan fingerprint density at radius 3 is 2.52 bits per heavy atom. The molecule has 0 radical (unpaired) electrons. The third-order valence-corrected chi connectivity index (χ3v) is 5.80. The molecule has 2 heterocycles. The van der Waals surface area contributed by atoms with Crippen LogP contribution < -0.4 is 4.74 Å². The predicted octanol–water partition coefficient (Wildman–Crippen LogP) is 2.88. The van der Waals surface area contributed by atoms with Crippen molar-refractivity contribution in [3.05, 3.63) is 82.9 Å². The third kappa shape index (κ3) is 4.61. The third-order valence-electron chi connectivity index (χ3n) is 5.43. The maximum absolute atomic E-state index is 10.6. The molecule has 1 aliphatic rings. The lowest BCUT2D eigenvalue weighted by Crippen LogP contribution is -2.51. The first-order chi connectivity index (χ1) is 15.0. The van der Waals surface area contributed by atoms with Gasteiger partial charge in [-0.1, -0.05) is 35.9 Å². The summed E-state index contributed by atoms with van der Waals surface area (Å²) >= 11 is 6.43. The van der Waals surface area contributed by atoms with Crippen molar-refractivity contribution in [1.29, 1.82) is 0 Å². The van der Waals surface area contributed by atoms with Crippen LogP contribution in [0.2, 0.25) is 5.02 Å². The van der Waals surface area contributed by atoms with Crippen LogP contribution in [0.15, 0.2) is 61.2 Å². The number of aliphatic hydroxyl groups is 3. The minimum absolute atomic E-state index is 0.581. The van der Waals surface area contributed by atoms with Gasteiger partial charge in [0.2, 0.25) is 0 Å². The van der Waals surface area contributed by atoms with Crippen LogP contribution in [0, 0.1) is 0 Å². The first-order valence-corrected chi connectivity index (χ1v) is 10.5. The molecule has 1 aliphatic heterocycles. The number of ether oxygens (including phenoxy) is 2. The quantitative estimate of drug-likeness (QED) is 0.541. The van der Waals surface area contributed by atoms with E-state index in [0.717, 1.165) is 16.9 Å². The van der Waals surface area contributed by atoms with Crippen LogP contribution in [0.25, 0.3) is 0 Å². The highest BCUT2D eigenvalue weighted by Crippen LogP contribution is 2.38. The molecule has 1 saturated heterocycles. The lowest BCUT2D eigenvalue weighted by molar-refractivity contribution is -0.247. The van der Waals surface area contributed by atoms with Crippen LogP contribution in [-0.2, 0) is 11.2 Å². The molecule has 31 heavy (non-hydrogen) atoms. The Balaban J connectivity index is 1.59. The summed E-state index contributed by atoms with van der Waals surface area (Å²) in [6, 6.07) is 13.2. The molecule has 5 atom stereocenters. The molecular formula is C23H25ClN2O5. The topological polar surface area (TPSA) is 97.0 Å². The van der Waals surface area contributed by atoms with E-state index in [1.54, 1.807) is 29.1 Å². The molecule has 1 aromatic heterocycles. The van der Waals surface area contributed by atoms with Crippen LogP contribution in [-0.4, -0.2) is 49.8 Å². The van der Waals surface area contributed by atoms with Gasteiger partial charge in [0.25, 0.3) is 0 Å². The largest absolute Gasteiger partial charge is 0.494 e. The average molecular weight is 445 g/mol. The molecule has 8 heteroatoms. The molecular weight excluding hydrogens is 420 g/mol. The number of rotatable bonds is 6. The van der Waals surface area contributed by atoms with Crippen molar-refractivity contribution in [3.8, 4) is 5.75 Å². The summed E-state index contributed by atoms with van der Waals surface area (Å²) in [5.41, 5.74) is 2.58. The minimum atomic E-state index is -1.38. The maximum atomic E-state index is 10.6. The van der Waals surface area contributed by atoms with Crippen LogP contribution >= 0.6 is 11.6 Å². The van der Waals surface area contributed by atoms with Gasteiger partial charge in [-0.2, -0.15) is 0 Å². The van der Waals surface area contributed by atoms with Gasteiger partial charge in [0, 0.05) is 17.4 Å². The Hall–Kier alpha value is -2.42. The highest BCUT2D eigenvalue weighted by atomic mass is 35.5. The second kappa shape index (κ2) is 9.38. The highest BCUT2D eigenvalue weighted by molar-refractivity contribution is 6.31. The maximum Gasteiger partial charge on any atom is 0.164 e. The fourth-order valence-corrected chi connectivity index (χ4v) is 3.98. The van der Waals surface area contributed by atoms with Crippen LogP contribution in [0.1, 0.15) is 35.9 Å². The summed E-state index contributed by atoms with van der Waals surface area (Å²) in [6.07, 6.45) is -0.430. The van der Waals surface area contributed by atoms with Gasteiger partial charge >= 0.3 is 0 Å². The average Bonchev–Trinajstić information content (AvgIpc) is 3.30. The number of nitrogens with zero attached hydrogens (tertiary/aromatic N) is 2. The van der Waals surface area contributed by atoms with Gasteiger partial charge in [-0.15, -0.1) is 0 Å². The molecule has 0 aliphatic carbocycles. The molecule has 164 valence electrons. The van der Waals surface area contributed by atoms with E-state index in [1.807, 2.05) is 37.3 Å². The zero-order valence-corrected chi connectivity index (χ0v) is 17.8. The molecule has 3 N–H and O–H groups in total. The van der Waals surface area contributed by atoms with Gasteiger partial charge in [0.05, 0.1) is 12.9 Å². The molecule has 0 amide bonds. The zero-order chi connectivity index (χ0) is 22.0. The number of imidazole rings is 1. The first-order valence-electron chi connectivity index (χ1n) is 10.1. The van der Waals surface area contributed by atoms with Crippen molar-refractivity contribution in [2.45, 2.75) is 44.0 Å². The van der Waals surface area contributed by atoms with Crippen LogP contribution in [0.4, 0.5) is 0 Å². The van der Waals surface area contributed by atoms with Crippen LogP contribution in [0.3, 0.4) is 0 Å². The molecule has 3 aromatic rings. The Bertz CT molecular complexity index is 996. The molecule has 4 rings (SSSR count). The molecule has 1 fully saturated rings. The normalized spacial score (nSPS) is 26.0. The fraction of sp³-hybridized carbons (Fsp3) is 0.348. The van der Waals surface area contributed by atoms with E-state index < -0.39 is 30.6 Å². The molecule has 7 nitrogen and oxygen atoms in total. The Kier molecular flexibility index (Phi) is 6.60. The Morgan fingerprint density at radius 1 is 1.06 bits per heavy atom. The van der Waals surface area contributed by atoms with Gasteiger partial charge in [-0.05, 0) is 48.2 Å². The van der Waals surface area contributed by atoms with Crippen molar-refractivity contribution >= 4 is 11.6 Å². The van der Waals surface area contributed by atoms with E-state index >= 15 is 0 Å². The fourth-order valence-electron chi connectivity index (χ4n) is 3.80. The SMILES string of the molecule is CCOc1ccc(Cc2cc([C@@H]3OC(n4ccnc4)[C@@H](O)[C@H](O)[C@H]3O)ccc2Cl)cc1. The van der Waals surface area contributed by atoms with Gasteiger partial charge in [-0.25, -0.2) is 4.98 Å². The lowest BCUT2D eigenvalue weighted by atomic mass is 9.91. The number of aromatic nitrogens is 2. The smallest absolute Gasteiger partial charge is 0.164 e. The van der Waals surface area contributed by atoms with E-state index in [0.29, 0.717) is 23.6 Å². The summed E-state index contributed by atoms with van der Waals surface area (Å²) in [4.78, 5) is 3.97. The van der Waals surface area contributed by atoms with E-state index in [4.69, 9.17) is 21.1 Å². The zero-order valence-electron chi connectivity index (χ0n) is 17.0. The van der Waals surface area contributed by atoms with E-state index in [-0.39, 0.29) is 0 Å². The van der Waals surface area contributed by atoms with E-state index in [9.17, 15) is 15.3 Å². The van der Waals surface area contributed by atoms with Crippen molar-refractivity contribution in [2.24, 2.45) is 0 Å². The monoisotopic (exact) mass is 444 g/mol. The summed E-state index contributed by atoms with van der Waals surface area (Å²) in [5.74, 6) is 0.808. The summed E-state index contributed by atoms with van der Waals surface area (Å²) in [5, 5.41) is 32.0. The highest BCUT2D eigenvalue weighted by Gasteiger charge is 2.45.